The van der Waals surface area contributed by atoms with Crippen molar-refractivity contribution < 1.29 is 4.79 Å². The Hall–Kier alpha value is -2.44. The van der Waals surface area contributed by atoms with E-state index >= 15 is 0 Å². The maximum atomic E-state index is 11.8. The molecule has 0 atom stereocenters. The lowest BCUT2D eigenvalue weighted by atomic mass is 10.1. The summed E-state index contributed by atoms with van der Waals surface area (Å²) in [5.41, 5.74) is 0.605. The third-order valence-electron chi connectivity index (χ3n) is 3.43. The van der Waals surface area contributed by atoms with E-state index in [9.17, 15) is 4.79 Å². The van der Waals surface area contributed by atoms with Gasteiger partial charge in [-0.3, -0.25) is 9.48 Å². The zero-order valence-electron chi connectivity index (χ0n) is 11.8. The molecule has 0 aromatic carbocycles. The van der Waals surface area contributed by atoms with E-state index in [1.807, 2.05) is 0 Å². The smallest absolute Gasteiger partial charge is 0.246 e. The van der Waals surface area contributed by atoms with Gasteiger partial charge in [0.25, 0.3) is 0 Å². The van der Waals surface area contributed by atoms with Crippen LogP contribution in [0.1, 0.15) is 19.3 Å². The molecule has 0 spiro atoms. The fraction of sp³-hybridized carbons (Fsp3) is 0.429. The predicted octanol–water partition coefficient (Wildman–Crippen LogP) is 1.30. The maximum Gasteiger partial charge on any atom is 0.246 e. The summed E-state index contributed by atoms with van der Waals surface area (Å²) >= 11 is 0. The number of nitrogens with zero attached hydrogens (tertiary/aromatic N) is 5. The fourth-order valence-corrected chi connectivity index (χ4v) is 2.38. The number of aromatic nitrogens is 4. The first-order chi connectivity index (χ1) is 10.3. The molecule has 1 aliphatic rings. The number of amides is 1. The first-order valence-electron chi connectivity index (χ1n) is 7.15. The average Bonchev–Trinajstić information content (AvgIpc) is 3.02. The Labute approximate surface area is 123 Å². The number of anilines is 2. The van der Waals surface area contributed by atoms with Crippen LogP contribution in [0.2, 0.25) is 0 Å². The van der Waals surface area contributed by atoms with E-state index in [0.717, 1.165) is 19.0 Å². The first kappa shape index (κ1) is 13.5. The first-order valence-corrected chi connectivity index (χ1v) is 7.15. The van der Waals surface area contributed by atoms with Crippen LogP contribution >= 0.6 is 0 Å². The summed E-state index contributed by atoms with van der Waals surface area (Å²) in [5, 5.41) is 6.76. The molecule has 21 heavy (non-hydrogen) atoms. The minimum absolute atomic E-state index is 0.145. The van der Waals surface area contributed by atoms with Crippen LogP contribution in [0.3, 0.4) is 0 Å². The molecular weight excluding hydrogens is 268 g/mol. The topological polar surface area (TPSA) is 75.9 Å². The molecule has 3 rings (SSSR count). The summed E-state index contributed by atoms with van der Waals surface area (Å²) in [6.07, 6.45) is 10.3. The SMILES string of the molecule is O=C(Cn1cccn1)Nc1cnc(N2CCCCC2)nc1. The molecule has 0 unspecified atom stereocenters. The van der Waals surface area contributed by atoms with E-state index in [-0.39, 0.29) is 12.5 Å². The minimum atomic E-state index is -0.145. The molecule has 2 aromatic heterocycles. The largest absolute Gasteiger partial charge is 0.341 e. The van der Waals surface area contributed by atoms with Gasteiger partial charge in [0.1, 0.15) is 6.54 Å². The molecule has 7 heteroatoms. The molecule has 3 heterocycles. The van der Waals surface area contributed by atoms with Crippen LogP contribution < -0.4 is 10.2 Å². The molecular formula is C14H18N6O. The molecule has 1 fully saturated rings. The molecule has 2 aromatic rings. The van der Waals surface area contributed by atoms with Gasteiger partial charge < -0.3 is 10.2 Å². The van der Waals surface area contributed by atoms with Gasteiger partial charge >= 0.3 is 0 Å². The number of carbonyl (C=O) groups is 1. The Morgan fingerprint density at radius 3 is 2.62 bits per heavy atom. The second-order valence-electron chi connectivity index (χ2n) is 5.07. The van der Waals surface area contributed by atoms with Crippen LogP contribution in [-0.2, 0) is 11.3 Å². The lowest BCUT2D eigenvalue weighted by molar-refractivity contribution is -0.116. The van der Waals surface area contributed by atoms with Gasteiger partial charge in [-0.2, -0.15) is 5.10 Å². The van der Waals surface area contributed by atoms with Gasteiger partial charge in [0, 0.05) is 25.5 Å². The van der Waals surface area contributed by atoms with Crippen molar-refractivity contribution >= 4 is 17.5 Å². The molecule has 1 amide bonds. The summed E-state index contributed by atoms with van der Waals surface area (Å²) in [4.78, 5) is 22.7. The summed E-state index contributed by atoms with van der Waals surface area (Å²) in [7, 11) is 0. The fourth-order valence-electron chi connectivity index (χ4n) is 2.38. The molecule has 7 nitrogen and oxygen atoms in total. The van der Waals surface area contributed by atoms with Crippen LogP contribution in [0.5, 0.6) is 0 Å². The van der Waals surface area contributed by atoms with Gasteiger partial charge in [-0.15, -0.1) is 0 Å². The molecule has 1 saturated heterocycles. The molecule has 0 radical (unpaired) electrons. The quantitative estimate of drug-likeness (QED) is 0.917. The molecule has 1 aliphatic heterocycles. The van der Waals surface area contributed by atoms with E-state index in [4.69, 9.17) is 0 Å². The summed E-state index contributed by atoms with van der Waals surface area (Å²) < 4.78 is 1.57. The van der Waals surface area contributed by atoms with E-state index in [1.165, 1.54) is 19.3 Å². The van der Waals surface area contributed by atoms with Crippen molar-refractivity contribution in [1.82, 2.24) is 19.7 Å². The van der Waals surface area contributed by atoms with Gasteiger partial charge in [0.15, 0.2) is 0 Å². The molecule has 0 aliphatic carbocycles. The predicted molar refractivity (Wildman–Crippen MR) is 79.0 cm³/mol. The average molecular weight is 286 g/mol. The minimum Gasteiger partial charge on any atom is -0.341 e. The van der Waals surface area contributed by atoms with Gasteiger partial charge in [0.05, 0.1) is 18.1 Å². The van der Waals surface area contributed by atoms with Crippen molar-refractivity contribution in [3.8, 4) is 0 Å². The zero-order chi connectivity index (χ0) is 14.5. The number of rotatable bonds is 4. The van der Waals surface area contributed by atoms with Crippen molar-refractivity contribution in [1.29, 1.82) is 0 Å². The van der Waals surface area contributed by atoms with E-state index < -0.39 is 0 Å². The van der Waals surface area contributed by atoms with Crippen molar-refractivity contribution in [2.24, 2.45) is 0 Å². The van der Waals surface area contributed by atoms with Gasteiger partial charge in [0.2, 0.25) is 11.9 Å². The third-order valence-corrected chi connectivity index (χ3v) is 3.43. The highest BCUT2D eigenvalue weighted by Gasteiger charge is 2.13. The highest BCUT2D eigenvalue weighted by molar-refractivity contribution is 5.90. The zero-order valence-corrected chi connectivity index (χ0v) is 11.8. The van der Waals surface area contributed by atoms with E-state index in [1.54, 1.807) is 35.5 Å². The van der Waals surface area contributed by atoms with Crippen molar-refractivity contribution in [3.05, 3.63) is 30.9 Å². The number of carbonyl (C=O) groups excluding carboxylic acids is 1. The van der Waals surface area contributed by atoms with Crippen LogP contribution in [0.25, 0.3) is 0 Å². The van der Waals surface area contributed by atoms with E-state index in [0.29, 0.717) is 5.69 Å². The highest BCUT2D eigenvalue weighted by Crippen LogP contribution is 2.16. The lowest BCUT2D eigenvalue weighted by Gasteiger charge is -2.26. The van der Waals surface area contributed by atoms with Crippen LogP contribution in [0, 0.1) is 0 Å². The number of hydrogen-bond donors (Lipinski definition) is 1. The summed E-state index contributed by atoms with van der Waals surface area (Å²) in [5.74, 6) is 0.591. The van der Waals surface area contributed by atoms with Gasteiger partial charge in [-0.05, 0) is 25.3 Å². The molecule has 1 N–H and O–H groups in total. The van der Waals surface area contributed by atoms with Crippen molar-refractivity contribution in [2.45, 2.75) is 25.8 Å². The summed E-state index contributed by atoms with van der Waals surface area (Å²) in [6.45, 7) is 2.19. The Morgan fingerprint density at radius 2 is 1.95 bits per heavy atom. The molecule has 0 bridgehead atoms. The van der Waals surface area contributed by atoms with Crippen molar-refractivity contribution in [3.63, 3.8) is 0 Å². The summed E-state index contributed by atoms with van der Waals surface area (Å²) in [6, 6.07) is 1.78. The van der Waals surface area contributed by atoms with Crippen LogP contribution in [0.15, 0.2) is 30.9 Å². The molecule has 0 saturated carbocycles. The maximum absolute atomic E-state index is 11.8. The highest BCUT2D eigenvalue weighted by atomic mass is 16.2. The Balaban J connectivity index is 1.57. The normalized spacial score (nSPS) is 15.0. The monoisotopic (exact) mass is 286 g/mol. The van der Waals surface area contributed by atoms with Crippen LogP contribution in [-0.4, -0.2) is 38.7 Å². The standard InChI is InChI=1S/C14H18N6O/c21-13(11-20-8-4-5-17-20)18-12-9-15-14(16-10-12)19-6-2-1-3-7-19/h4-5,8-10H,1-3,6-7,11H2,(H,18,21). The number of piperidine rings is 1. The number of hydrogen-bond acceptors (Lipinski definition) is 5. The van der Waals surface area contributed by atoms with E-state index in [2.05, 4.69) is 25.3 Å². The van der Waals surface area contributed by atoms with Crippen LogP contribution in [0.4, 0.5) is 11.6 Å². The second-order valence-corrected chi connectivity index (χ2v) is 5.07. The van der Waals surface area contributed by atoms with Gasteiger partial charge in [-0.25, -0.2) is 9.97 Å². The lowest BCUT2D eigenvalue weighted by Crippen LogP contribution is -2.31. The molecule has 110 valence electrons. The van der Waals surface area contributed by atoms with Crippen molar-refractivity contribution in [2.75, 3.05) is 23.3 Å². The third kappa shape index (κ3) is 3.56. The Bertz CT molecular complexity index is 574. The Kier molecular flexibility index (Phi) is 4.09. The van der Waals surface area contributed by atoms with Gasteiger partial charge in [-0.1, -0.05) is 0 Å². The Morgan fingerprint density at radius 1 is 1.19 bits per heavy atom. The number of nitrogens with one attached hydrogen (secondary N) is 1. The second kappa shape index (κ2) is 6.34.